The molecule has 1 heterocycles. The fourth-order valence-corrected chi connectivity index (χ4v) is 2.38. The SMILES string of the molecule is COc1cc(NC(=O)[C@H](N)CC2CC2)ccc1-c1cnco1. The van der Waals surface area contributed by atoms with Gasteiger partial charge in [0.2, 0.25) is 5.91 Å². The summed E-state index contributed by atoms with van der Waals surface area (Å²) in [4.78, 5) is 16.0. The summed E-state index contributed by atoms with van der Waals surface area (Å²) in [7, 11) is 1.57. The van der Waals surface area contributed by atoms with Crippen LogP contribution in [0, 0.1) is 5.92 Å². The maximum absolute atomic E-state index is 12.1. The zero-order chi connectivity index (χ0) is 15.5. The van der Waals surface area contributed by atoms with Crippen LogP contribution in [0.2, 0.25) is 0 Å². The van der Waals surface area contributed by atoms with Crippen molar-refractivity contribution in [3.63, 3.8) is 0 Å². The van der Waals surface area contributed by atoms with Crippen LogP contribution in [-0.2, 0) is 4.79 Å². The molecule has 1 amide bonds. The lowest BCUT2D eigenvalue weighted by Crippen LogP contribution is -2.35. The number of nitrogens with two attached hydrogens (primary N) is 1. The maximum atomic E-state index is 12.1. The smallest absolute Gasteiger partial charge is 0.241 e. The molecule has 0 saturated heterocycles. The topological polar surface area (TPSA) is 90.4 Å². The molecule has 0 unspecified atom stereocenters. The molecule has 1 aliphatic carbocycles. The Bertz CT molecular complexity index is 651. The molecule has 1 aromatic heterocycles. The first-order chi connectivity index (χ1) is 10.7. The zero-order valence-corrected chi connectivity index (χ0v) is 12.4. The Balaban J connectivity index is 1.72. The number of hydrogen-bond acceptors (Lipinski definition) is 5. The first kappa shape index (κ1) is 14.6. The highest BCUT2D eigenvalue weighted by Gasteiger charge is 2.27. The van der Waals surface area contributed by atoms with E-state index in [0.29, 0.717) is 23.1 Å². The largest absolute Gasteiger partial charge is 0.496 e. The van der Waals surface area contributed by atoms with Gasteiger partial charge in [0.1, 0.15) is 5.75 Å². The summed E-state index contributed by atoms with van der Waals surface area (Å²) >= 11 is 0. The predicted octanol–water partition coefficient (Wildman–Crippen LogP) is 2.42. The standard InChI is InChI=1S/C16H19N3O3/c1-21-14-7-11(4-5-12(14)15-8-18-9-22-15)19-16(20)13(17)6-10-2-3-10/h4-5,7-10,13H,2-3,6,17H2,1H3,(H,19,20)/t13-/m1/s1. The molecule has 6 nitrogen and oxygen atoms in total. The molecule has 1 aliphatic rings. The fourth-order valence-electron chi connectivity index (χ4n) is 2.38. The van der Waals surface area contributed by atoms with E-state index in [0.717, 1.165) is 12.0 Å². The summed E-state index contributed by atoms with van der Waals surface area (Å²) in [5.74, 6) is 1.66. The van der Waals surface area contributed by atoms with Crippen molar-refractivity contribution >= 4 is 11.6 Å². The van der Waals surface area contributed by atoms with Crippen LogP contribution in [0.25, 0.3) is 11.3 Å². The number of oxazole rings is 1. The lowest BCUT2D eigenvalue weighted by molar-refractivity contribution is -0.117. The highest BCUT2D eigenvalue weighted by molar-refractivity contribution is 5.95. The van der Waals surface area contributed by atoms with E-state index in [9.17, 15) is 4.79 Å². The van der Waals surface area contributed by atoms with E-state index in [1.54, 1.807) is 25.4 Å². The number of nitrogens with zero attached hydrogens (tertiary/aromatic N) is 1. The Labute approximate surface area is 128 Å². The quantitative estimate of drug-likeness (QED) is 0.855. The number of amides is 1. The van der Waals surface area contributed by atoms with Gasteiger partial charge in [-0.15, -0.1) is 0 Å². The third-order valence-corrected chi connectivity index (χ3v) is 3.79. The molecule has 116 valence electrons. The van der Waals surface area contributed by atoms with E-state index < -0.39 is 6.04 Å². The lowest BCUT2D eigenvalue weighted by Gasteiger charge is -2.13. The summed E-state index contributed by atoms with van der Waals surface area (Å²) in [6.45, 7) is 0. The summed E-state index contributed by atoms with van der Waals surface area (Å²) < 4.78 is 10.6. The van der Waals surface area contributed by atoms with Crippen LogP contribution in [0.4, 0.5) is 5.69 Å². The molecule has 22 heavy (non-hydrogen) atoms. The average Bonchev–Trinajstić information content (AvgIpc) is 3.16. The number of benzene rings is 1. The third kappa shape index (κ3) is 3.28. The van der Waals surface area contributed by atoms with Gasteiger partial charge in [-0.25, -0.2) is 4.98 Å². The number of carbonyl (C=O) groups is 1. The molecule has 0 radical (unpaired) electrons. The van der Waals surface area contributed by atoms with Crippen LogP contribution in [0.15, 0.2) is 35.2 Å². The number of carbonyl (C=O) groups excluding carboxylic acids is 1. The van der Waals surface area contributed by atoms with Crippen molar-refractivity contribution in [1.29, 1.82) is 0 Å². The Morgan fingerprint density at radius 3 is 3.00 bits per heavy atom. The second-order valence-electron chi connectivity index (χ2n) is 5.56. The Kier molecular flexibility index (Phi) is 4.11. The number of ether oxygens (including phenoxy) is 1. The van der Waals surface area contributed by atoms with Gasteiger partial charge in [0.15, 0.2) is 12.2 Å². The van der Waals surface area contributed by atoms with E-state index in [4.69, 9.17) is 14.9 Å². The van der Waals surface area contributed by atoms with Crippen LogP contribution in [0.1, 0.15) is 19.3 Å². The molecule has 2 aromatic rings. The van der Waals surface area contributed by atoms with Gasteiger partial charge < -0.3 is 20.2 Å². The van der Waals surface area contributed by atoms with E-state index in [2.05, 4.69) is 10.3 Å². The van der Waals surface area contributed by atoms with Crippen LogP contribution >= 0.6 is 0 Å². The average molecular weight is 301 g/mol. The highest BCUT2D eigenvalue weighted by atomic mass is 16.5. The summed E-state index contributed by atoms with van der Waals surface area (Å²) in [5.41, 5.74) is 7.34. The molecule has 3 N–H and O–H groups in total. The number of rotatable bonds is 6. The molecule has 6 heteroatoms. The summed E-state index contributed by atoms with van der Waals surface area (Å²) in [6.07, 6.45) is 6.09. The first-order valence-corrected chi connectivity index (χ1v) is 7.30. The molecule has 3 rings (SSSR count). The minimum atomic E-state index is -0.465. The molecule has 0 bridgehead atoms. The van der Waals surface area contributed by atoms with Crippen molar-refractivity contribution in [2.24, 2.45) is 11.7 Å². The van der Waals surface area contributed by atoms with Crippen LogP contribution in [0.3, 0.4) is 0 Å². The van der Waals surface area contributed by atoms with Gasteiger partial charge in [0.25, 0.3) is 0 Å². The Morgan fingerprint density at radius 1 is 1.55 bits per heavy atom. The van der Waals surface area contributed by atoms with Gasteiger partial charge >= 0.3 is 0 Å². The first-order valence-electron chi connectivity index (χ1n) is 7.30. The molecular formula is C16H19N3O3. The van der Waals surface area contributed by atoms with Crippen LogP contribution in [-0.4, -0.2) is 24.0 Å². The van der Waals surface area contributed by atoms with E-state index in [-0.39, 0.29) is 5.91 Å². The second kappa shape index (κ2) is 6.19. The fraction of sp³-hybridized carbons (Fsp3) is 0.375. The maximum Gasteiger partial charge on any atom is 0.241 e. The molecule has 1 fully saturated rings. The van der Waals surface area contributed by atoms with Crippen molar-refractivity contribution in [3.05, 3.63) is 30.8 Å². The Morgan fingerprint density at radius 2 is 2.36 bits per heavy atom. The van der Waals surface area contributed by atoms with Crippen molar-refractivity contribution in [2.45, 2.75) is 25.3 Å². The van der Waals surface area contributed by atoms with Gasteiger partial charge in [0, 0.05) is 11.8 Å². The van der Waals surface area contributed by atoms with Crippen molar-refractivity contribution in [3.8, 4) is 17.1 Å². The van der Waals surface area contributed by atoms with Gasteiger partial charge in [0.05, 0.1) is 24.9 Å². The predicted molar refractivity (Wildman–Crippen MR) is 82.4 cm³/mol. The summed E-state index contributed by atoms with van der Waals surface area (Å²) in [6, 6.07) is 4.90. The molecule has 1 aromatic carbocycles. The van der Waals surface area contributed by atoms with E-state index in [1.165, 1.54) is 19.2 Å². The zero-order valence-electron chi connectivity index (χ0n) is 12.4. The van der Waals surface area contributed by atoms with Gasteiger partial charge in [-0.3, -0.25) is 4.79 Å². The third-order valence-electron chi connectivity index (χ3n) is 3.79. The Hall–Kier alpha value is -2.34. The van der Waals surface area contributed by atoms with Crippen LogP contribution in [0.5, 0.6) is 5.75 Å². The highest BCUT2D eigenvalue weighted by Crippen LogP contribution is 2.34. The van der Waals surface area contributed by atoms with Gasteiger partial charge in [-0.1, -0.05) is 12.8 Å². The number of aromatic nitrogens is 1. The minimum Gasteiger partial charge on any atom is -0.496 e. The number of nitrogens with one attached hydrogen (secondary N) is 1. The molecule has 1 saturated carbocycles. The number of methoxy groups -OCH3 is 1. The molecular weight excluding hydrogens is 282 g/mol. The minimum absolute atomic E-state index is 0.165. The van der Waals surface area contributed by atoms with Crippen molar-refractivity contribution < 1.29 is 13.9 Å². The lowest BCUT2D eigenvalue weighted by atomic mass is 10.1. The number of anilines is 1. The van der Waals surface area contributed by atoms with E-state index in [1.807, 2.05) is 6.07 Å². The van der Waals surface area contributed by atoms with Gasteiger partial charge in [-0.2, -0.15) is 0 Å². The normalized spacial score (nSPS) is 15.4. The molecule has 1 atom stereocenters. The van der Waals surface area contributed by atoms with Crippen molar-refractivity contribution in [1.82, 2.24) is 4.98 Å². The van der Waals surface area contributed by atoms with Crippen molar-refractivity contribution in [2.75, 3.05) is 12.4 Å². The number of hydrogen-bond donors (Lipinski definition) is 2. The summed E-state index contributed by atoms with van der Waals surface area (Å²) in [5, 5.41) is 2.83. The molecule has 0 spiro atoms. The second-order valence-corrected chi connectivity index (χ2v) is 5.56. The molecule has 0 aliphatic heterocycles. The monoisotopic (exact) mass is 301 g/mol. The van der Waals surface area contributed by atoms with E-state index >= 15 is 0 Å². The van der Waals surface area contributed by atoms with Gasteiger partial charge in [-0.05, 0) is 24.5 Å². The van der Waals surface area contributed by atoms with Crippen LogP contribution < -0.4 is 15.8 Å².